The summed E-state index contributed by atoms with van der Waals surface area (Å²) in [5, 5.41) is 8.75. The molecule has 1 N–H and O–H groups in total. The zero-order chi connectivity index (χ0) is 9.97. The van der Waals surface area contributed by atoms with Gasteiger partial charge in [0.25, 0.3) is 0 Å². The molecule has 0 saturated heterocycles. The Bertz CT molecular complexity index is 445. The van der Waals surface area contributed by atoms with E-state index in [1.54, 1.807) is 6.07 Å². The molecule has 3 heteroatoms. The highest BCUT2D eigenvalue weighted by atomic mass is 32.1. The van der Waals surface area contributed by atoms with E-state index < -0.39 is 5.97 Å². The van der Waals surface area contributed by atoms with Crippen LogP contribution in [0.2, 0.25) is 0 Å². The monoisotopic (exact) mass is 203 g/mol. The number of carbonyl (C=O) groups is 1. The Labute approximate surface area is 85.4 Å². The fraction of sp³-hybridized carbons (Fsp3) is 0. The molecule has 0 spiro atoms. The van der Waals surface area contributed by atoms with Gasteiger partial charge >= 0.3 is 5.97 Å². The summed E-state index contributed by atoms with van der Waals surface area (Å²) in [4.78, 5) is 12.0. The standard InChI is InChI=1S/C11H7O2S/c12-11(13)10-7-6-9(14-10)8-4-2-1-3-5-8/h1-2,4-7H,(H,12,13). The third-order valence-electron chi connectivity index (χ3n) is 1.81. The second kappa shape index (κ2) is 3.64. The van der Waals surface area contributed by atoms with Crippen LogP contribution in [-0.2, 0) is 0 Å². The smallest absolute Gasteiger partial charge is 0.345 e. The van der Waals surface area contributed by atoms with Crippen molar-refractivity contribution in [1.82, 2.24) is 0 Å². The van der Waals surface area contributed by atoms with Crippen LogP contribution in [0.3, 0.4) is 0 Å². The van der Waals surface area contributed by atoms with Gasteiger partial charge in [0.05, 0.1) is 0 Å². The van der Waals surface area contributed by atoms with Crippen LogP contribution in [-0.4, -0.2) is 11.1 Å². The molecule has 0 unspecified atom stereocenters. The number of carboxylic acids is 1. The second-order valence-electron chi connectivity index (χ2n) is 2.76. The number of rotatable bonds is 2. The molecule has 0 saturated carbocycles. The summed E-state index contributed by atoms with van der Waals surface area (Å²) in [6, 6.07) is 13.9. The Hall–Kier alpha value is -1.61. The second-order valence-corrected chi connectivity index (χ2v) is 3.84. The van der Waals surface area contributed by atoms with E-state index in [1.807, 2.05) is 30.3 Å². The van der Waals surface area contributed by atoms with Crippen molar-refractivity contribution in [3.8, 4) is 10.4 Å². The molecule has 1 heterocycles. The molecule has 69 valence electrons. The van der Waals surface area contributed by atoms with Gasteiger partial charge in [-0.2, -0.15) is 0 Å². The Morgan fingerprint density at radius 3 is 2.79 bits per heavy atom. The molecule has 1 aromatic carbocycles. The van der Waals surface area contributed by atoms with Crippen molar-refractivity contribution in [2.24, 2.45) is 0 Å². The highest BCUT2D eigenvalue weighted by Crippen LogP contribution is 2.27. The fourth-order valence-corrected chi connectivity index (χ4v) is 2.00. The highest BCUT2D eigenvalue weighted by molar-refractivity contribution is 7.17. The van der Waals surface area contributed by atoms with E-state index in [0.29, 0.717) is 4.88 Å². The molecule has 14 heavy (non-hydrogen) atoms. The predicted molar refractivity (Wildman–Crippen MR) is 55.6 cm³/mol. The quantitative estimate of drug-likeness (QED) is 0.814. The summed E-state index contributed by atoms with van der Waals surface area (Å²) in [5.74, 6) is -0.874. The maximum atomic E-state index is 10.6. The zero-order valence-corrected chi connectivity index (χ0v) is 8.04. The largest absolute Gasteiger partial charge is 0.477 e. The first-order chi connectivity index (χ1) is 6.77. The Morgan fingerprint density at radius 2 is 2.21 bits per heavy atom. The first kappa shape index (κ1) is 8.97. The van der Waals surface area contributed by atoms with Crippen LogP contribution in [0.15, 0.2) is 36.4 Å². The molecule has 2 rings (SSSR count). The number of benzene rings is 1. The molecule has 0 fully saturated rings. The van der Waals surface area contributed by atoms with Crippen molar-refractivity contribution in [2.45, 2.75) is 0 Å². The lowest BCUT2D eigenvalue weighted by Gasteiger charge is -1.93. The van der Waals surface area contributed by atoms with E-state index in [2.05, 4.69) is 6.07 Å². The van der Waals surface area contributed by atoms with Crippen molar-refractivity contribution in [3.63, 3.8) is 0 Å². The molecule has 0 aliphatic carbocycles. The maximum Gasteiger partial charge on any atom is 0.345 e. The molecule has 0 aliphatic rings. The van der Waals surface area contributed by atoms with Gasteiger partial charge in [0, 0.05) is 4.88 Å². The lowest BCUT2D eigenvalue weighted by molar-refractivity contribution is 0.0702. The minimum absolute atomic E-state index is 0.365. The zero-order valence-electron chi connectivity index (χ0n) is 7.23. The van der Waals surface area contributed by atoms with E-state index in [-0.39, 0.29) is 0 Å². The molecule has 2 nitrogen and oxygen atoms in total. The molecule has 0 amide bonds. The van der Waals surface area contributed by atoms with Gasteiger partial charge in [0.1, 0.15) is 4.88 Å². The van der Waals surface area contributed by atoms with Gasteiger partial charge in [-0.15, -0.1) is 11.3 Å². The van der Waals surface area contributed by atoms with Gasteiger partial charge in [-0.3, -0.25) is 0 Å². The van der Waals surface area contributed by atoms with Crippen LogP contribution < -0.4 is 0 Å². The maximum absolute atomic E-state index is 10.6. The summed E-state index contributed by atoms with van der Waals surface area (Å²) in [5.41, 5.74) is 1.00. The van der Waals surface area contributed by atoms with Crippen molar-refractivity contribution in [3.05, 3.63) is 47.3 Å². The van der Waals surface area contributed by atoms with Crippen LogP contribution in [0.25, 0.3) is 10.4 Å². The molecule has 1 aromatic heterocycles. The number of hydrogen-bond acceptors (Lipinski definition) is 2. The molecule has 0 bridgehead atoms. The molecule has 1 radical (unpaired) electrons. The molecule has 0 aliphatic heterocycles. The summed E-state index contributed by atoms with van der Waals surface area (Å²) in [6.07, 6.45) is 0. The predicted octanol–water partition coefficient (Wildman–Crippen LogP) is 2.91. The van der Waals surface area contributed by atoms with E-state index in [4.69, 9.17) is 5.11 Å². The Kier molecular flexibility index (Phi) is 2.33. The third kappa shape index (κ3) is 1.67. The summed E-state index contributed by atoms with van der Waals surface area (Å²) in [6.45, 7) is 0. The summed E-state index contributed by atoms with van der Waals surface area (Å²) < 4.78 is 0. The van der Waals surface area contributed by atoms with Gasteiger partial charge in [0.2, 0.25) is 0 Å². The van der Waals surface area contributed by atoms with E-state index in [0.717, 1.165) is 10.4 Å². The van der Waals surface area contributed by atoms with Crippen LogP contribution in [0, 0.1) is 6.07 Å². The minimum atomic E-state index is -0.874. The Balaban J connectivity index is 2.39. The third-order valence-corrected chi connectivity index (χ3v) is 2.93. The molecule has 2 aromatic rings. The number of thiophene rings is 1. The van der Waals surface area contributed by atoms with Crippen LogP contribution >= 0.6 is 11.3 Å². The van der Waals surface area contributed by atoms with Crippen LogP contribution in [0.4, 0.5) is 0 Å². The SMILES string of the molecule is O=C(O)c1ccc(-c2c[c]ccc2)s1. The Morgan fingerprint density at radius 1 is 1.36 bits per heavy atom. The average Bonchev–Trinajstić information content (AvgIpc) is 2.68. The van der Waals surface area contributed by atoms with Crippen molar-refractivity contribution >= 4 is 17.3 Å². The van der Waals surface area contributed by atoms with Gasteiger partial charge in [-0.05, 0) is 29.8 Å². The average molecular weight is 203 g/mol. The molecular formula is C11H7O2S. The first-order valence-electron chi connectivity index (χ1n) is 4.07. The fourth-order valence-electron chi connectivity index (χ4n) is 1.15. The normalized spacial score (nSPS) is 10.0. The highest BCUT2D eigenvalue weighted by Gasteiger charge is 2.07. The first-order valence-corrected chi connectivity index (χ1v) is 4.88. The van der Waals surface area contributed by atoms with Crippen molar-refractivity contribution < 1.29 is 9.90 Å². The molecular weight excluding hydrogens is 196 g/mol. The topological polar surface area (TPSA) is 37.3 Å². The van der Waals surface area contributed by atoms with Crippen molar-refractivity contribution in [2.75, 3.05) is 0 Å². The van der Waals surface area contributed by atoms with Crippen LogP contribution in [0.5, 0.6) is 0 Å². The lowest BCUT2D eigenvalue weighted by Crippen LogP contribution is -1.89. The van der Waals surface area contributed by atoms with E-state index in [9.17, 15) is 4.79 Å². The van der Waals surface area contributed by atoms with Gasteiger partial charge in [0.15, 0.2) is 0 Å². The van der Waals surface area contributed by atoms with E-state index >= 15 is 0 Å². The van der Waals surface area contributed by atoms with Gasteiger partial charge in [-0.25, -0.2) is 4.79 Å². The van der Waals surface area contributed by atoms with Crippen molar-refractivity contribution in [1.29, 1.82) is 0 Å². The van der Waals surface area contributed by atoms with E-state index in [1.165, 1.54) is 11.3 Å². The van der Waals surface area contributed by atoms with Crippen LogP contribution in [0.1, 0.15) is 9.67 Å². The number of aromatic carboxylic acids is 1. The molecule has 0 atom stereocenters. The summed E-state index contributed by atoms with van der Waals surface area (Å²) in [7, 11) is 0. The number of hydrogen-bond donors (Lipinski definition) is 1. The summed E-state index contributed by atoms with van der Waals surface area (Å²) >= 11 is 1.27. The minimum Gasteiger partial charge on any atom is -0.477 e. The lowest BCUT2D eigenvalue weighted by atomic mass is 10.2. The van der Waals surface area contributed by atoms with Gasteiger partial charge < -0.3 is 5.11 Å². The van der Waals surface area contributed by atoms with Gasteiger partial charge in [-0.1, -0.05) is 18.2 Å². The number of carboxylic acid groups (broad SMARTS) is 1.